The van der Waals surface area contributed by atoms with Gasteiger partial charge in [-0.25, -0.2) is 18.0 Å². The van der Waals surface area contributed by atoms with Crippen LogP contribution in [-0.4, -0.2) is 42.8 Å². The standard InChI is InChI=1S/C30H31F3N2O3/c1-4-37-26-16-21(23(15-20(26)3)22-9-10-24(31)28(33)27(22)32)17-34-13-11-30(12-14-34)18-35(29(36)38-30)25-8-6-5-7-19(25)2/h5-10,15-16H,4,11-14,17-18H2,1-3H3. The molecule has 8 heteroatoms. The van der Waals surface area contributed by atoms with Crippen molar-refractivity contribution in [3.63, 3.8) is 0 Å². The third kappa shape index (κ3) is 4.85. The Morgan fingerprint density at radius 1 is 0.947 bits per heavy atom. The first-order valence-electron chi connectivity index (χ1n) is 12.9. The Bertz CT molecular complexity index is 1370. The number of halogens is 3. The lowest BCUT2D eigenvalue weighted by Crippen LogP contribution is -2.46. The molecule has 2 aliphatic rings. The number of carbonyl (C=O) groups excluding carboxylic acids is 1. The van der Waals surface area contributed by atoms with Crippen molar-refractivity contribution in [1.29, 1.82) is 0 Å². The smallest absolute Gasteiger partial charge is 0.415 e. The summed E-state index contributed by atoms with van der Waals surface area (Å²) in [4.78, 5) is 16.7. The SMILES string of the molecule is CCOc1cc(CN2CCC3(CC2)CN(c2ccccc2C)C(=O)O3)c(-c2ccc(F)c(F)c2F)cc1C. The van der Waals surface area contributed by atoms with E-state index < -0.39 is 23.1 Å². The van der Waals surface area contributed by atoms with Gasteiger partial charge >= 0.3 is 6.09 Å². The molecule has 0 atom stereocenters. The zero-order chi connectivity index (χ0) is 27.0. The highest BCUT2D eigenvalue weighted by atomic mass is 19.2. The second kappa shape index (κ2) is 10.3. The molecule has 2 fully saturated rings. The number of hydrogen-bond acceptors (Lipinski definition) is 4. The van der Waals surface area contributed by atoms with E-state index in [-0.39, 0.29) is 11.7 Å². The number of aryl methyl sites for hydroxylation is 2. The van der Waals surface area contributed by atoms with Gasteiger partial charge in [0.25, 0.3) is 0 Å². The number of benzene rings is 3. The van der Waals surface area contributed by atoms with E-state index in [9.17, 15) is 18.0 Å². The largest absolute Gasteiger partial charge is 0.494 e. The fourth-order valence-electron chi connectivity index (χ4n) is 5.45. The van der Waals surface area contributed by atoms with Gasteiger partial charge in [0.1, 0.15) is 11.4 Å². The van der Waals surface area contributed by atoms with E-state index in [1.54, 1.807) is 11.0 Å². The first kappa shape index (κ1) is 26.1. The number of likely N-dealkylation sites (tertiary alicyclic amines) is 1. The molecule has 0 aromatic heterocycles. The molecule has 0 radical (unpaired) electrons. The van der Waals surface area contributed by atoms with E-state index in [1.807, 2.05) is 51.1 Å². The summed E-state index contributed by atoms with van der Waals surface area (Å²) >= 11 is 0. The van der Waals surface area contributed by atoms with Crippen LogP contribution in [0.3, 0.4) is 0 Å². The molecule has 38 heavy (non-hydrogen) atoms. The summed E-state index contributed by atoms with van der Waals surface area (Å²) in [6.07, 6.45) is 0.976. The molecule has 1 spiro atoms. The summed E-state index contributed by atoms with van der Waals surface area (Å²) in [6, 6.07) is 13.6. The van der Waals surface area contributed by atoms with Gasteiger partial charge in [0.2, 0.25) is 0 Å². The molecule has 3 aromatic rings. The summed E-state index contributed by atoms with van der Waals surface area (Å²) in [6.45, 7) is 8.44. The number of anilines is 1. The van der Waals surface area contributed by atoms with Gasteiger partial charge in [0, 0.05) is 38.0 Å². The van der Waals surface area contributed by atoms with Gasteiger partial charge in [-0.3, -0.25) is 9.80 Å². The lowest BCUT2D eigenvalue weighted by atomic mass is 9.90. The van der Waals surface area contributed by atoms with Gasteiger partial charge in [0.15, 0.2) is 17.5 Å². The van der Waals surface area contributed by atoms with E-state index in [4.69, 9.17) is 9.47 Å². The normalized spacial score (nSPS) is 17.2. The fourth-order valence-corrected chi connectivity index (χ4v) is 5.45. The first-order valence-corrected chi connectivity index (χ1v) is 12.9. The lowest BCUT2D eigenvalue weighted by Gasteiger charge is -2.37. The van der Waals surface area contributed by atoms with Gasteiger partial charge in [-0.2, -0.15) is 0 Å². The molecule has 2 saturated heterocycles. The van der Waals surface area contributed by atoms with Crippen LogP contribution < -0.4 is 9.64 Å². The molecule has 200 valence electrons. The molecule has 2 aliphatic heterocycles. The van der Waals surface area contributed by atoms with Crippen molar-refractivity contribution in [3.05, 3.63) is 82.7 Å². The Labute approximate surface area is 220 Å². The molecule has 0 bridgehead atoms. The third-order valence-corrected chi connectivity index (χ3v) is 7.56. The van der Waals surface area contributed by atoms with Crippen molar-refractivity contribution >= 4 is 11.8 Å². The van der Waals surface area contributed by atoms with E-state index >= 15 is 0 Å². The highest BCUT2D eigenvalue weighted by Gasteiger charge is 2.47. The molecule has 0 unspecified atom stereocenters. The minimum absolute atomic E-state index is 0.0112. The van der Waals surface area contributed by atoms with Crippen LogP contribution in [0.5, 0.6) is 5.75 Å². The molecule has 2 heterocycles. The zero-order valence-corrected chi connectivity index (χ0v) is 21.8. The number of carbonyl (C=O) groups is 1. The van der Waals surface area contributed by atoms with Crippen molar-refractivity contribution in [3.8, 4) is 16.9 Å². The fraction of sp³-hybridized carbons (Fsp3) is 0.367. The number of hydrogen-bond donors (Lipinski definition) is 0. The van der Waals surface area contributed by atoms with E-state index in [0.29, 0.717) is 56.9 Å². The Morgan fingerprint density at radius 3 is 2.39 bits per heavy atom. The van der Waals surface area contributed by atoms with Crippen LogP contribution in [0.4, 0.5) is 23.7 Å². The Hall–Kier alpha value is -3.52. The maximum absolute atomic E-state index is 14.8. The molecule has 3 aromatic carbocycles. The zero-order valence-electron chi connectivity index (χ0n) is 21.8. The van der Waals surface area contributed by atoms with Gasteiger partial charge < -0.3 is 9.47 Å². The van der Waals surface area contributed by atoms with Crippen LogP contribution >= 0.6 is 0 Å². The summed E-state index contributed by atoms with van der Waals surface area (Å²) < 4.78 is 54.3. The number of piperidine rings is 1. The monoisotopic (exact) mass is 524 g/mol. The maximum Gasteiger partial charge on any atom is 0.415 e. The van der Waals surface area contributed by atoms with Gasteiger partial charge in [-0.05, 0) is 73.4 Å². The maximum atomic E-state index is 14.8. The van der Waals surface area contributed by atoms with Crippen LogP contribution in [0.1, 0.15) is 36.5 Å². The van der Waals surface area contributed by atoms with Crippen molar-refractivity contribution in [2.45, 2.75) is 45.8 Å². The third-order valence-electron chi connectivity index (χ3n) is 7.56. The highest BCUT2D eigenvalue weighted by Crippen LogP contribution is 2.39. The van der Waals surface area contributed by atoms with Gasteiger partial charge in [-0.15, -0.1) is 0 Å². The Balaban J connectivity index is 1.37. The number of ether oxygens (including phenoxy) is 2. The minimum atomic E-state index is -1.49. The molecule has 0 N–H and O–H groups in total. The van der Waals surface area contributed by atoms with Crippen LogP contribution in [0.2, 0.25) is 0 Å². The average Bonchev–Trinajstić information content (AvgIpc) is 3.22. The molecule has 5 rings (SSSR count). The lowest BCUT2D eigenvalue weighted by molar-refractivity contribution is -0.000952. The van der Waals surface area contributed by atoms with Crippen molar-refractivity contribution in [2.24, 2.45) is 0 Å². The van der Waals surface area contributed by atoms with Crippen molar-refractivity contribution in [1.82, 2.24) is 4.90 Å². The van der Waals surface area contributed by atoms with Crippen LogP contribution in [0.15, 0.2) is 48.5 Å². The Morgan fingerprint density at radius 2 is 1.68 bits per heavy atom. The van der Waals surface area contributed by atoms with Crippen LogP contribution in [0.25, 0.3) is 11.1 Å². The molecule has 0 saturated carbocycles. The second-order valence-electron chi connectivity index (χ2n) is 10.1. The highest BCUT2D eigenvalue weighted by molar-refractivity contribution is 5.91. The van der Waals surface area contributed by atoms with E-state index in [2.05, 4.69) is 4.90 Å². The quantitative estimate of drug-likeness (QED) is 0.334. The van der Waals surface area contributed by atoms with Gasteiger partial charge in [0.05, 0.1) is 18.8 Å². The van der Waals surface area contributed by atoms with Gasteiger partial charge in [-0.1, -0.05) is 18.2 Å². The predicted molar refractivity (Wildman–Crippen MR) is 140 cm³/mol. The Kier molecular flexibility index (Phi) is 7.09. The molecule has 5 nitrogen and oxygen atoms in total. The van der Waals surface area contributed by atoms with Crippen molar-refractivity contribution < 1.29 is 27.4 Å². The minimum Gasteiger partial charge on any atom is -0.494 e. The van der Waals surface area contributed by atoms with Crippen LogP contribution in [0, 0.1) is 31.3 Å². The number of para-hydroxylation sites is 1. The summed E-state index contributed by atoms with van der Waals surface area (Å²) in [5.74, 6) is -3.24. The topological polar surface area (TPSA) is 42.0 Å². The summed E-state index contributed by atoms with van der Waals surface area (Å²) in [7, 11) is 0. The number of rotatable bonds is 6. The molecular weight excluding hydrogens is 493 g/mol. The molecule has 0 aliphatic carbocycles. The second-order valence-corrected chi connectivity index (χ2v) is 10.1. The summed E-state index contributed by atoms with van der Waals surface area (Å²) in [5, 5.41) is 0. The van der Waals surface area contributed by atoms with E-state index in [1.165, 1.54) is 6.07 Å². The van der Waals surface area contributed by atoms with Crippen molar-refractivity contribution in [2.75, 3.05) is 31.1 Å². The molecular formula is C30H31F3N2O3. The van der Waals surface area contributed by atoms with Crippen LogP contribution in [-0.2, 0) is 11.3 Å². The first-order chi connectivity index (χ1) is 18.2. The summed E-state index contributed by atoms with van der Waals surface area (Å²) in [5.41, 5.74) is 3.36. The average molecular weight is 525 g/mol. The number of nitrogens with zero attached hydrogens (tertiary/aromatic N) is 2. The number of amides is 1. The predicted octanol–water partition coefficient (Wildman–Crippen LogP) is 6.78. The van der Waals surface area contributed by atoms with E-state index in [0.717, 1.165) is 28.4 Å². The molecule has 1 amide bonds.